The summed E-state index contributed by atoms with van der Waals surface area (Å²) in [7, 11) is 0. The topological polar surface area (TPSA) is 67.5 Å². The van der Waals surface area contributed by atoms with E-state index in [1.54, 1.807) is 0 Å². The number of aliphatic hydroxyl groups excluding tert-OH is 1. The highest BCUT2D eigenvalue weighted by Gasteiger charge is 2.32. The van der Waals surface area contributed by atoms with Crippen LogP contribution in [0.2, 0.25) is 0 Å². The van der Waals surface area contributed by atoms with Gasteiger partial charge in [-0.2, -0.15) is 5.26 Å². The number of nitrogens with zero attached hydrogens (tertiary/aromatic N) is 2. The van der Waals surface area contributed by atoms with Crippen molar-refractivity contribution in [3.05, 3.63) is 0 Å². The lowest BCUT2D eigenvalue weighted by atomic mass is 9.91. The van der Waals surface area contributed by atoms with Gasteiger partial charge in [-0.3, -0.25) is 4.90 Å². The standard InChI is InChI=1S/C10H18N2O2/c1-9(2-5-11)12-6-3-10(14,8-13)4-7-12/h9,13-14H,2-4,6-8H2,1H3. The lowest BCUT2D eigenvalue weighted by molar-refractivity contribution is -0.0645. The van der Waals surface area contributed by atoms with Gasteiger partial charge in [0.15, 0.2) is 0 Å². The molecular weight excluding hydrogens is 180 g/mol. The molecule has 0 amide bonds. The van der Waals surface area contributed by atoms with Crippen LogP contribution in [0.3, 0.4) is 0 Å². The summed E-state index contributed by atoms with van der Waals surface area (Å²) in [5.74, 6) is 0. The first-order chi connectivity index (χ1) is 6.61. The van der Waals surface area contributed by atoms with Crippen molar-refractivity contribution < 1.29 is 10.2 Å². The average Bonchev–Trinajstić information content (AvgIpc) is 2.19. The fourth-order valence-electron chi connectivity index (χ4n) is 1.80. The van der Waals surface area contributed by atoms with Gasteiger partial charge in [0, 0.05) is 19.1 Å². The molecule has 0 bridgehead atoms. The largest absolute Gasteiger partial charge is 0.393 e. The van der Waals surface area contributed by atoms with E-state index in [1.807, 2.05) is 6.92 Å². The van der Waals surface area contributed by atoms with Gasteiger partial charge in [-0.05, 0) is 19.8 Å². The second-order valence-corrected chi connectivity index (χ2v) is 4.13. The van der Waals surface area contributed by atoms with Gasteiger partial charge < -0.3 is 10.2 Å². The zero-order valence-corrected chi connectivity index (χ0v) is 8.61. The van der Waals surface area contributed by atoms with Crippen molar-refractivity contribution in [2.24, 2.45) is 0 Å². The van der Waals surface area contributed by atoms with Crippen molar-refractivity contribution in [2.75, 3.05) is 19.7 Å². The molecular formula is C10H18N2O2. The maximum absolute atomic E-state index is 9.77. The Morgan fingerprint density at radius 3 is 2.50 bits per heavy atom. The van der Waals surface area contributed by atoms with Gasteiger partial charge in [-0.1, -0.05) is 0 Å². The van der Waals surface area contributed by atoms with E-state index in [0.717, 1.165) is 13.1 Å². The predicted molar refractivity (Wildman–Crippen MR) is 52.5 cm³/mol. The number of hydrogen-bond donors (Lipinski definition) is 2. The molecule has 0 radical (unpaired) electrons. The molecule has 0 saturated carbocycles. The minimum absolute atomic E-state index is 0.159. The molecule has 0 aromatic rings. The van der Waals surface area contributed by atoms with E-state index >= 15 is 0 Å². The first-order valence-electron chi connectivity index (χ1n) is 5.05. The van der Waals surface area contributed by atoms with Gasteiger partial charge in [0.1, 0.15) is 0 Å². The van der Waals surface area contributed by atoms with E-state index in [0.29, 0.717) is 19.3 Å². The number of rotatable bonds is 3. The Morgan fingerprint density at radius 1 is 1.50 bits per heavy atom. The minimum Gasteiger partial charge on any atom is -0.393 e. The molecule has 4 heteroatoms. The zero-order chi connectivity index (χ0) is 10.6. The van der Waals surface area contributed by atoms with Crippen LogP contribution in [0.1, 0.15) is 26.2 Å². The maximum Gasteiger partial charge on any atom is 0.0901 e. The highest BCUT2D eigenvalue weighted by Crippen LogP contribution is 2.23. The number of likely N-dealkylation sites (tertiary alicyclic amines) is 1. The summed E-state index contributed by atoms with van der Waals surface area (Å²) in [6.45, 7) is 3.39. The SMILES string of the molecule is CC(CC#N)N1CCC(O)(CO)CC1. The van der Waals surface area contributed by atoms with E-state index in [-0.39, 0.29) is 12.6 Å². The third-order valence-electron chi connectivity index (χ3n) is 3.03. The summed E-state index contributed by atoms with van der Waals surface area (Å²) in [4.78, 5) is 2.19. The molecule has 0 aromatic carbocycles. The summed E-state index contributed by atoms with van der Waals surface area (Å²) >= 11 is 0. The van der Waals surface area contributed by atoms with Crippen LogP contribution in [0.5, 0.6) is 0 Å². The van der Waals surface area contributed by atoms with E-state index in [9.17, 15) is 5.11 Å². The molecule has 0 aliphatic carbocycles. The van der Waals surface area contributed by atoms with Crippen molar-refractivity contribution in [3.63, 3.8) is 0 Å². The van der Waals surface area contributed by atoms with E-state index in [4.69, 9.17) is 10.4 Å². The molecule has 4 nitrogen and oxygen atoms in total. The van der Waals surface area contributed by atoms with Crippen molar-refractivity contribution in [3.8, 4) is 6.07 Å². The summed E-state index contributed by atoms with van der Waals surface area (Å²) in [6, 6.07) is 2.40. The van der Waals surface area contributed by atoms with Crippen molar-refractivity contribution >= 4 is 0 Å². The van der Waals surface area contributed by atoms with Crippen LogP contribution in [0, 0.1) is 11.3 Å². The number of piperidine rings is 1. The Bertz CT molecular complexity index is 217. The summed E-state index contributed by atoms with van der Waals surface area (Å²) in [5, 5.41) is 27.3. The quantitative estimate of drug-likeness (QED) is 0.675. The lowest BCUT2D eigenvalue weighted by Gasteiger charge is -2.39. The molecule has 80 valence electrons. The Kier molecular flexibility index (Phi) is 3.87. The summed E-state index contributed by atoms with van der Waals surface area (Å²) in [6.07, 6.45) is 1.72. The maximum atomic E-state index is 9.77. The van der Waals surface area contributed by atoms with Gasteiger partial charge in [0.25, 0.3) is 0 Å². The molecule has 1 atom stereocenters. The van der Waals surface area contributed by atoms with Crippen molar-refractivity contribution in [2.45, 2.75) is 37.8 Å². The number of aliphatic hydroxyl groups is 2. The molecule has 1 fully saturated rings. The third-order valence-corrected chi connectivity index (χ3v) is 3.03. The molecule has 0 aromatic heterocycles. The first-order valence-corrected chi connectivity index (χ1v) is 5.05. The van der Waals surface area contributed by atoms with Crippen LogP contribution < -0.4 is 0 Å². The number of hydrogen-bond acceptors (Lipinski definition) is 4. The van der Waals surface area contributed by atoms with Crippen LogP contribution in [-0.2, 0) is 0 Å². The predicted octanol–water partition coefficient (Wildman–Crippen LogP) is 0.108. The molecule has 1 saturated heterocycles. The highest BCUT2D eigenvalue weighted by molar-refractivity contribution is 4.89. The molecule has 0 spiro atoms. The first kappa shape index (κ1) is 11.4. The Balaban J connectivity index is 2.39. The van der Waals surface area contributed by atoms with Gasteiger partial charge in [-0.25, -0.2) is 0 Å². The fraction of sp³-hybridized carbons (Fsp3) is 0.900. The van der Waals surface area contributed by atoms with Crippen LogP contribution in [0.4, 0.5) is 0 Å². The lowest BCUT2D eigenvalue weighted by Crippen LogP contribution is -2.49. The molecule has 1 aliphatic heterocycles. The molecule has 14 heavy (non-hydrogen) atoms. The number of nitriles is 1. The zero-order valence-electron chi connectivity index (χ0n) is 8.61. The van der Waals surface area contributed by atoms with Crippen molar-refractivity contribution in [1.82, 2.24) is 4.90 Å². The fourth-order valence-corrected chi connectivity index (χ4v) is 1.80. The average molecular weight is 198 g/mol. The van der Waals surface area contributed by atoms with Crippen LogP contribution in [-0.4, -0.2) is 46.5 Å². The molecule has 1 heterocycles. The van der Waals surface area contributed by atoms with Crippen LogP contribution >= 0.6 is 0 Å². The molecule has 1 aliphatic rings. The summed E-state index contributed by atoms with van der Waals surface area (Å²) < 4.78 is 0. The molecule has 1 rings (SSSR count). The van der Waals surface area contributed by atoms with E-state index in [2.05, 4.69) is 11.0 Å². The van der Waals surface area contributed by atoms with E-state index in [1.165, 1.54) is 0 Å². The van der Waals surface area contributed by atoms with Crippen LogP contribution in [0.25, 0.3) is 0 Å². The Labute approximate surface area is 84.8 Å². The van der Waals surface area contributed by atoms with Crippen LogP contribution in [0.15, 0.2) is 0 Å². The van der Waals surface area contributed by atoms with E-state index < -0.39 is 5.60 Å². The summed E-state index contributed by atoms with van der Waals surface area (Å²) in [5.41, 5.74) is -0.886. The third kappa shape index (κ3) is 2.68. The Morgan fingerprint density at radius 2 is 2.07 bits per heavy atom. The monoisotopic (exact) mass is 198 g/mol. The van der Waals surface area contributed by atoms with Gasteiger partial charge in [-0.15, -0.1) is 0 Å². The molecule has 1 unspecified atom stereocenters. The van der Waals surface area contributed by atoms with Gasteiger partial charge in [0.05, 0.1) is 24.7 Å². The highest BCUT2D eigenvalue weighted by atomic mass is 16.3. The normalized spacial score (nSPS) is 24.1. The Hall–Kier alpha value is -0.630. The second-order valence-electron chi connectivity index (χ2n) is 4.13. The van der Waals surface area contributed by atoms with Gasteiger partial charge >= 0.3 is 0 Å². The second kappa shape index (κ2) is 4.74. The minimum atomic E-state index is -0.886. The molecule has 2 N–H and O–H groups in total. The smallest absolute Gasteiger partial charge is 0.0901 e. The van der Waals surface area contributed by atoms with Gasteiger partial charge in [0.2, 0.25) is 0 Å². The van der Waals surface area contributed by atoms with Crippen molar-refractivity contribution in [1.29, 1.82) is 5.26 Å².